The SMILES string of the molecule is C=C/C=C\C1=C(C)C(=C2CCN(CC)CC2)c2ccc(C)cc2CC1. The van der Waals surface area contributed by atoms with E-state index in [1.165, 1.54) is 65.9 Å². The van der Waals surface area contributed by atoms with E-state index in [1.807, 2.05) is 6.08 Å². The summed E-state index contributed by atoms with van der Waals surface area (Å²) in [5, 5.41) is 0. The second-order valence-corrected chi connectivity index (χ2v) is 7.32. The Labute approximate surface area is 153 Å². The first kappa shape index (κ1) is 17.9. The van der Waals surface area contributed by atoms with Crippen LogP contribution in [0.3, 0.4) is 0 Å². The predicted molar refractivity (Wildman–Crippen MR) is 110 cm³/mol. The van der Waals surface area contributed by atoms with E-state index in [1.54, 1.807) is 5.57 Å². The molecular formula is C24H31N. The summed E-state index contributed by atoms with van der Waals surface area (Å²) in [5.41, 5.74) is 10.5. The maximum Gasteiger partial charge on any atom is 0.00189 e. The van der Waals surface area contributed by atoms with Crippen LogP contribution in [0.15, 0.2) is 59.7 Å². The molecule has 3 rings (SSSR count). The average molecular weight is 334 g/mol. The summed E-state index contributed by atoms with van der Waals surface area (Å²) in [6, 6.07) is 7.03. The molecule has 1 heterocycles. The van der Waals surface area contributed by atoms with Gasteiger partial charge in [-0.05, 0) is 73.9 Å². The Morgan fingerprint density at radius 2 is 1.84 bits per heavy atom. The number of rotatable bonds is 3. The first-order chi connectivity index (χ1) is 12.1. The van der Waals surface area contributed by atoms with Crippen molar-refractivity contribution in [2.45, 2.75) is 46.5 Å². The smallest absolute Gasteiger partial charge is 0.00189 e. The molecule has 0 atom stereocenters. The molecule has 1 aromatic carbocycles. The van der Waals surface area contributed by atoms with Crippen LogP contribution in [0.4, 0.5) is 0 Å². The van der Waals surface area contributed by atoms with Crippen LogP contribution >= 0.6 is 0 Å². The van der Waals surface area contributed by atoms with Gasteiger partial charge in [-0.25, -0.2) is 0 Å². The van der Waals surface area contributed by atoms with Gasteiger partial charge in [0.1, 0.15) is 0 Å². The number of nitrogens with zero attached hydrogens (tertiary/aromatic N) is 1. The van der Waals surface area contributed by atoms with Gasteiger partial charge in [-0.2, -0.15) is 0 Å². The molecule has 1 aliphatic carbocycles. The van der Waals surface area contributed by atoms with Crippen LogP contribution in [-0.4, -0.2) is 24.5 Å². The van der Waals surface area contributed by atoms with Crippen LogP contribution < -0.4 is 0 Å². The highest BCUT2D eigenvalue weighted by Crippen LogP contribution is 2.39. The number of benzene rings is 1. The zero-order chi connectivity index (χ0) is 17.8. The predicted octanol–water partition coefficient (Wildman–Crippen LogP) is 5.87. The molecule has 1 fully saturated rings. The maximum absolute atomic E-state index is 3.84. The van der Waals surface area contributed by atoms with Crippen molar-refractivity contribution < 1.29 is 0 Å². The van der Waals surface area contributed by atoms with E-state index >= 15 is 0 Å². The molecule has 0 N–H and O–H groups in total. The standard InChI is InChI=1S/C24H31N/c1-5-7-8-20-10-11-22-17-18(3)9-12-23(22)24(19(20)4)21-13-15-25(6-2)16-14-21/h5,7-9,12,17H,1,6,10-11,13-16H2,2-4H3/b8-7-. The molecule has 1 saturated heterocycles. The molecule has 1 aliphatic heterocycles. The highest BCUT2D eigenvalue weighted by molar-refractivity contribution is 5.85. The number of allylic oxidation sites excluding steroid dienone is 6. The van der Waals surface area contributed by atoms with Gasteiger partial charge in [0.05, 0.1) is 0 Å². The van der Waals surface area contributed by atoms with Crippen molar-refractivity contribution in [1.29, 1.82) is 0 Å². The third kappa shape index (κ3) is 3.88. The first-order valence-electron chi connectivity index (χ1n) is 9.67. The van der Waals surface area contributed by atoms with Crippen molar-refractivity contribution in [3.8, 4) is 0 Å². The van der Waals surface area contributed by atoms with Gasteiger partial charge < -0.3 is 4.90 Å². The Hall–Kier alpha value is -1.86. The fraction of sp³-hybridized carbons (Fsp3) is 0.417. The zero-order valence-electron chi connectivity index (χ0n) is 16.1. The molecule has 0 aromatic heterocycles. The van der Waals surface area contributed by atoms with E-state index in [9.17, 15) is 0 Å². The quantitative estimate of drug-likeness (QED) is 0.625. The molecule has 1 aromatic rings. The van der Waals surface area contributed by atoms with E-state index in [-0.39, 0.29) is 0 Å². The monoisotopic (exact) mass is 333 g/mol. The van der Waals surface area contributed by atoms with Gasteiger partial charge >= 0.3 is 0 Å². The summed E-state index contributed by atoms with van der Waals surface area (Å²) < 4.78 is 0. The van der Waals surface area contributed by atoms with Gasteiger partial charge in [-0.3, -0.25) is 0 Å². The molecule has 0 unspecified atom stereocenters. The van der Waals surface area contributed by atoms with Crippen LogP contribution in [-0.2, 0) is 6.42 Å². The van der Waals surface area contributed by atoms with Gasteiger partial charge in [0.2, 0.25) is 0 Å². The van der Waals surface area contributed by atoms with Crippen LogP contribution in [0, 0.1) is 6.92 Å². The summed E-state index contributed by atoms with van der Waals surface area (Å²) >= 11 is 0. The van der Waals surface area contributed by atoms with Crippen molar-refractivity contribution in [3.63, 3.8) is 0 Å². The molecular weight excluding hydrogens is 302 g/mol. The molecule has 0 spiro atoms. The number of piperidine rings is 1. The van der Waals surface area contributed by atoms with Gasteiger partial charge in [0.25, 0.3) is 0 Å². The molecule has 0 saturated carbocycles. The first-order valence-corrected chi connectivity index (χ1v) is 9.67. The van der Waals surface area contributed by atoms with Crippen molar-refractivity contribution in [3.05, 3.63) is 76.4 Å². The summed E-state index contributed by atoms with van der Waals surface area (Å²) in [6.07, 6.45) is 10.9. The number of likely N-dealkylation sites (tertiary alicyclic amines) is 1. The fourth-order valence-corrected chi connectivity index (χ4v) is 4.23. The van der Waals surface area contributed by atoms with E-state index in [2.05, 4.69) is 62.6 Å². The maximum atomic E-state index is 3.84. The minimum Gasteiger partial charge on any atom is -0.303 e. The third-order valence-electron chi connectivity index (χ3n) is 5.74. The summed E-state index contributed by atoms with van der Waals surface area (Å²) in [5.74, 6) is 0. The van der Waals surface area contributed by atoms with Crippen molar-refractivity contribution in [2.24, 2.45) is 0 Å². The van der Waals surface area contributed by atoms with E-state index in [4.69, 9.17) is 0 Å². The summed E-state index contributed by atoms with van der Waals surface area (Å²) in [7, 11) is 0. The minimum absolute atomic E-state index is 1.12. The molecule has 1 heteroatoms. The Balaban J connectivity index is 2.12. The van der Waals surface area contributed by atoms with Crippen LogP contribution in [0.1, 0.15) is 49.8 Å². The van der Waals surface area contributed by atoms with Gasteiger partial charge in [-0.1, -0.05) is 61.1 Å². The van der Waals surface area contributed by atoms with Crippen LogP contribution in [0.25, 0.3) is 5.57 Å². The Kier molecular flexibility index (Phi) is 5.75. The van der Waals surface area contributed by atoms with Gasteiger partial charge in [0, 0.05) is 13.1 Å². The normalized spacial score (nSPS) is 19.3. The second kappa shape index (κ2) is 8.01. The van der Waals surface area contributed by atoms with Crippen molar-refractivity contribution in [2.75, 3.05) is 19.6 Å². The zero-order valence-corrected chi connectivity index (χ0v) is 16.1. The Morgan fingerprint density at radius 1 is 1.08 bits per heavy atom. The minimum atomic E-state index is 1.12. The van der Waals surface area contributed by atoms with Gasteiger partial charge in [0.15, 0.2) is 0 Å². The number of aryl methyl sites for hydroxylation is 2. The van der Waals surface area contributed by atoms with Gasteiger partial charge in [-0.15, -0.1) is 0 Å². The lowest BCUT2D eigenvalue weighted by molar-refractivity contribution is 0.270. The largest absolute Gasteiger partial charge is 0.303 e. The lowest BCUT2D eigenvalue weighted by Crippen LogP contribution is -2.30. The number of hydrogen-bond donors (Lipinski definition) is 0. The lowest BCUT2D eigenvalue weighted by atomic mass is 9.86. The third-order valence-corrected chi connectivity index (χ3v) is 5.74. The Bertz CT molecular complexity index is 735. The summed E-state index contributed by atoms with van der Waals surface area (Å²) in [6.45, 7) is 14.2. The molecule has 0 bridgehead atoms. The van der Waals surface area contributed by atoms with Crippen molar-refractivity contribution in [1.82, 2.24) is 4.90 Å². The number of hydrogen-bond acceptors (Lipinski definition) is 1. The molecule has 2 aliphatic rings. The lowest BCUT2D eigenvalue weighted by Gasteiger charge is -2.29. The molecule has 1 nitrogen and oxygen atoms in total. The molecule has 0 radical (unpaired) electrons. The Morgan fingerprint density at radius 3 is 2.52 bits per heavy atom. The molecule has 25 heavy (non-hydrogen) atoms. The highest BCUT2D eigenvalue weighted by Gasteiger charge is 2.22. The average Bonchev–Trinajstić information content (AvgIpc) is 2.76. The summed E-state index contributed by atoms with van der Waals surface area (Å²) in [4.78, 5) is 2.56. The van der Waals surface area contributed by atoms with E-state index in [0.717, 1.165) is 12.8 Å². The molecule has 0 amide bonds. The topological polar surface area (TPSA) is 3.24 Å². The van der Waals surface area contributed by atoms with Crippen molar-refractivity contribution >= 4 is 5.57 Å². The highest BCUT2D eigenvalue weighted by atomic mass is 15.1. The van der Waals surface area contributed by atoms with E-state index < -0.39 is 0 Å². The van der Waals surface area contributed by atoms with Crippen LogP contribution in [0.2, 0.25) is 0 Å². The molecule has 132 valence electrons. The second-order valence-electron chi connectivity index (χ2n) is 7.32. The van der Waals surface area contributed by atoms with E-state index in [0.29, 0.717) is 0 Å². The fourth-order valence-electron chi connectivity index (χ4n) is 4.23. The van der Waals surface area contributed by atoms with Crippen LogP contribution in [0.5, 0.6) is 0 Å². The number of fused-ring (bicyclic) bond motifs is 1.